The van der Waals surface area contributed by atoms with Crippen molar-refractivity contribution in [3.63, 3.8) is 0 Å². The number of piperidine rings is 1. The molecule has 1 fully saturated rings. The molecule has 2 unspecified atom stereocenters. The Hall–Kier alpha value is -0.870. The van der Waals surface area contributed by atoms with Crippen LogP contribution in [0.25, 0.3) is 0 Å². The summed E-state index contributed by atoms with van der Waals surface area (Å²) in [5, 5.41) is 7.94. The quantitative estimate of drug-likeness (QED) is 0.877. The largest absolute Gasteiger partial charge is 0.317 e. The second-order valence-electron chi connectivity index (χ2n) is 5.50. The molecule has 1 saturated heterocycles. The Balaban J connectivity index is 1.95. The molecule has 0 saturated carbocycles. The molecule has 2 heterocycles. The van der Waals surface area contributed by atoms with Gasteiger partial charge in [-0.2, -0.15) is 5.10 Å². The molecule has 0 spiro atoms. The minimum atomic E-state index is 0.680. The van der Waals surface area contributed by atoms with Gasteiger partial charge in [-0.05, 0) is 31.9 Å². The Bertz CT molecular complexity index is 385. The van der Waals surface area contributed by atoms with E-state index in [1.54, 1.807) is 0 Å². The van der Waals surface area contributed by atoms with Crippen molar-refractivity contribution in [1.29, 1.82) is 0 Å². The second kappa shape index (κ2) is 5.85. The average Bonchev–Trinajstić information content (AvgIpc) is 2.70. The van der Waals surface area contributed by atoms with Crippen LogP contribution >= 0.6 is 0 Å². The van der Waals surface area contributed by atoms with Gasteiger partial charge in [-0.15, -0.1) is 0 Å². The lowest BCUT2D eigenvalue weighted by molar-refractivity contribution is 0.142. The van der Waals surface area contributed by atoms with Crippen LogP contribution in [0.15, 0.2) is 6.07 Å². The highest BCUT2D eigenvalue weighted by Gasteiger charge is 2.25. The first kappa shape index (κ1) is 13.6. The molecule has 18 heavy (non-hydrogen) atoms. The molecule has 1 aromatic heterocycles. The summed E-state index contributed by atoms with van der Waals surface area (Å²) in [6.07, 6.45) is 2.27. The number of hydrogen-bond donors (Lipinski definition) is 1. The van der Waals surface area contributed by atoms with Gasteiger partial charge < -0.3 is 5.32 Å². The van der Waals surface area contributed by atoms with Crippen LogP contribution < -0.4 is 5.32 Å². The standard InChI is InChI=1S/C14H26N4/c1-5-12-8-13(17(4)16-12)10-18-7-6-14(15-3)11(2)9-18/h8,11,14-15H,5-7,9-10H2,1-4H3. The van der Waals surface area contributed by atoms with Crippen LogP contribution in [-0.4, -0.2) is 40.9 Å². The number of rotatable bonds is 4. The van der Waals surface area contributed by atoms with E-state index in [4.69, 9.17) is 0 Å². The van der Waals surface area contributed by atoms with Crippen molar-refractivity contribution in [2.45, 2.75) is 39.3 Å². The number of hydrogen-bond acceptors (Lipinski definition) is 3. The summed E-state index contributed by atoms with van der Waals surface area (Å²) in [6, 6.07) is 2.92. The minimum Gasteiger partial charge on any atom is -0.317 e. The summed E-state index contributed by atoms with van der Waals surface area (Å²) in [5.74, 6) is 0.725. The molecule has 0 aliphatic carbocycles. The maximum Gasteiger partial charge on any atom is 0.0625 e. The van der Waals surface area contributed by atoms with Gasteiger partial charge in [-0.1, -0.05) is 13.8 Å². The second-order valence-corrected chi connectivity index (χ2v) is 5.50. The predicted octanol–water partition coefficient (Wildman–Crippen LogP) is 1.41. The molecule has 0 aromatic carbocycles. The fraction of sp³-hybridized carbons (Fsp3) is 0.786. The normalized spacial score (nSPS) is 25.6. The van der Waals surface area contributed by atoms with Gasteiger partial charge >= 0.3 is 0 Å². The summed E-state index contributed by atoms with van der Waals surface area (Å²) in [6.45, 7) is 7.89. The van der Waals surface area contributed by atoms with Crippen molar-refractivity contribution in [1.82, 2.24) is 20.0 Å². The molecule has 2 atom stereocenters. The van der Waals surface area contributed by atoms with Crippen molar-refractivity contribution in [2.24, 2.45) is 13.0 Å². The first-order chi connectivity index (χ1) is 8.63. The Morgan fingerprint density at radius 3 is 2.83 bits per heavy atom. The molecule has 4 heteroatoms. The Kier molecular flexibility index (Phi) is 4.40. The van der Waals surface area contributed by atoms with Crippen molar-refractivity contribution in [2.75, 3.05) is 20.1 Å². The smallest absolute Gasteiger partial charge is 0.0625 e. The van der Waals surface area contributed by atoms with Gasteiger partial charge in [0.25, 0.3) is 0 Å². The van der Waals surface area contributed by atoms with E-state index in [1.807, 2.05) is 4.68 Å². The topological polar surface area (TPSA) is 33.1 Å². The maximum absolute atomic E-state index is 4.52. The molecule has 1 aliphatic heterocycles. The van der Waals surface area contributed by atoms with Gasteiger partial charge in [-0.3, -0.25) is 9.58 Å². The van der Waals surface area contributed by atoms with Crippen LogP contribution in [0.3, 0.4) is 0 Å². The number of nitrogens with zero attached hydrogens (tertiary/aromatic N) is 3. The molecular formula is C14H26N4. The third-order valence-electron chi connectivity index (χ3n) is 4.14. The Morgan fingerprint density at radius 2 is 2.28 bits per heavy atom. The Labute approximate surface area is 110 Å². The SMILES string of the molecule is CCc1cc(CN2CCC(NC)C(C)C2)n(C)n1. The van der Waals surface area contributed by atoms with Crippen molar-refractivity contribution < 1.29 is 0 Å². The van der Waals surface area contributed by atoms with Crippen LogP contribution in [0, 0.1) is 5.92 Å². The van der Waals surface area contributed by atoms with Gasteiger partial charge in [0, 0.05) is 32.7 Å². The van der Waals surface area contributed by atoms with Crippen LogP contribution in [0.1, 0.15) is 31.7 Å². The predicted molar refractivity (Wildman–Crippen MR) is 74.5 cm³/mol. The molecule has 2 rings (SSSR count). The molecule has 0 amide bonds. The lowest BCUT2D eigenvalue weighted by Gasteiger charge is -2.36. The van der Waals surface area contributed by atoms with Crippen LogP contribution in [0.4, 0.5) is 0 Å². The van der Waals surface area contributed by atoms with Gasteiger partial charge in [0.15, 0.2) is 0 Å². The number of aromatic nitrogens is 2. The number of nitrogens with one attached hydrogen (secondary N) is 1. The molecule has 1 aromatic rings. The number of likely N-dealkylation sites (tertiary alicyclic amines) is 1. The first-order valence-electron chi connectivity index (χ1n) is 7.05. The zero-order chi connectivity index (χ0) is 13.1. The van der Waals surface area contributed by atoms with Gasteiger partial charge in [-0.25, -0.2) is 0 Å². The molecule has 0 bridgehead atoms. The van der Waals surface area contributed by atoms with Gasteiger partial charge in [0.05, 0.1) is 11.4 Å². The zero-order valence-electron chi connectivity index (χ0n) is 12.1. The molecule has 1 N–H and O–H groups in total. The van der Waals surface area contributed by atoms with Crippen molar-refractivity contribution >= 4 is 0 Å². The van der Waals surface area contributed by atoms with E-state index in [9.17, 15) is 0 Å². The lowest BCUT2D eigenvalue weighted by Crippen LogP contribution is -2.46. The molecular weight excluding hydrogens is 224 g/mol. The van der Waals surface area contributed by atoms with Crippen LogP contribution in [-0.2, 0) is 20.0 Å². The monoisotopic (exact) mass is 250 g/mol. The van der Waals surface area contributed by atoms with E-state index in [2.05, 4.69) is 49.3 Å². The van der Waals surface area contributed by atoms with E-state index in [0.717, 1.165) is 18.9 Å². The lowest BCUT2D eigenvalue weighted by atomic mass is 9.94. The summed E-state index contributed by atoms with van der Waals surface area (Å²) < 4.78 is 2.04. The average molecular weight is 250 g/mol. The van der Waals surface area contributed by atoms with E-state index in [-0.39, 0.29) is 0 Å². The molecule has 1 aliphatic rings. The number of aryl methyl sites for hydroxylation is 2. The van der Waals surface area contributed by atoms with E-state index in [1.165, 1.54) is 30.9 Å². The summed E-state index contributed by atoms with van der Waals surface area (Å²) in [5.41, 5.74) is 2.53. The summed E-state index contributed by atoms with van der Waals surface area (Å²) in [7, 11) is 4.13. The van der Waals surface area contributed by atoms with Crippen LogP contribution in [0.5, 0.6) is 0 Å². The highest BCUT2D eigenvalue weighted by molar-refractivity contribution is 5.10. The van der Waals surface area contributed by atoms with Gasteiger partial charge in [0.1, 0.15) is 0 Å². The van der Waals surface area contributed by atoms with Crippen molar-refractivity contribution in [3.05, 3.63) is 17.5 Å². The molecule has 102 valence electrons. The van der Waals surface area contributed by atoms with Gasteiger partial charge in [0.2, 0.25) is 0 Å². The van der Waals surface area contributed by atoms with E-state index >= 15 is 0 Å². The van der Waals surface area contributed by atoms with E-state index in [0.29, 0.717) is 6.04 Å². The third-order valence-corrected chi connectivity index (χ3v) is 4.14. The van der Waals surface area contributed by atoms with Crippen molar-refractivity contribution in [3.8, 4) is 0 Å². The Morgan fingerprint density at radius 1 is 1.50 bits per heavy atom. The highest BCUT2D eigenvalue weighted by atomic mass is 15.3. The highest BCUT2D eigenvalue weighted by Crippen LogP contribution is 2.18. The summed E-state index contributed by atoms with van der Waals surface area (Å²) in [4.78, 5) is 2.55. The minimum absolute atomic E-state index is 0.680. The fourth-order valence-corrected chi connectivity index (χ4v) is 2.93. The summed E-state index contributed by atoms with van der Waals surface area (Å²) >= 11 is 0. The third kappa shape index (κ3) is 2.93. The van der Waals surface area contributed by atoms with E-state index < -0.39 is 0 Å². The first-order valence-corrected chi connectivity index (χ1v) is 7.05. The maximum atomic E-state index is 4.52. The fourth-order valence-electron chi connectivity index (χ4n) is 2.93. The molecule has 0 radical (unpaired) electrons. The van der Waals surface area contributed by atoms with Crippen LogP contribution in [0.2, 0.25) is 0 Å². The molecule has 4 nitrogen and oxygen atoms in total. The zero-order valence-corrected chi connectivity index (χ0v) is 12.1.